The molecule has 0 aliphatic carbocycles. The van der Waals surface area contributed by atoms with Gasteiger partial charge in [-0.1, -0.05) is 12.1 Å². The highest BCUT2D eigenvalue weighted by Gasteiger charge is 2.20. The summed E-state index contributed by atoms with van der Waals surface area (Å²) in [6.45, 7) is 3.53. The summed E-state index contributed by atoms with van der Waals surface area (Å²) in [6, 6.07) is 6.08. The van der Waals surface area contributed by atoms with Crippen molar-refractivity contribution in [1.82, 2.24) is 5.32 Å². The number of halogens is 1. The zero-order chi connectivity index (χ0) is 11.5. The van der Waals surface area contributed by atoms with Crippen LogP contribution in [0.1, 0.15) is 19.4 Å². The molecule has 0 spiro atoms. The number of nitrogens with two attached hydrogens (primary N) is 1. The van der Waals surface area contributed by atoms with Crippen LogP contribution in [0.15, 0.2) is 24.3 Å². The number of rotatable bonds is 3. The Bertz CT molecular complexity index is 358. The third kappa shape index (κ3) is 3.67. The SMILES string of the molecule is CC(C)(N)C(=O)NCc1cccc(F)c1. The molecule has 0 saturated carbocycles. The molecule has 0 radical (unpaired) electrons. The molecule has 15 heavy (non-hydrogen) atoms. The number of amides is 1. The van der Waals surface area contributed by atoms with Gasteiger partial charge in [-0.3, -0.25) is 4.79 Å². The van der Waals surface area contributed by atoms with E-state index in [1.54, 1.807) is 26.0 Å². The van der Waals surface area contributed by atoms with E-state index in [9.17, 15) is 9.18 Å². The molecule has 0 bridgehead atoms. The molecule has 0 aliphatic rings. The van der Waals surface area contributed by atoms with Crippen LogP contribution < -0.4 is 11.1 Å². The van der Waals surface area contributed by atoms with Crippen molar-refractivity contribution in [2.75, 3.05) is 0 Å². The van der Waals surface area contributed by atoms with Crippen molar-refractivity contribution in [2.24, 2.45) is 5.73 Å². The van der Waals surface area contributed by atoms with Crippen molar-refractivity contribution >= 4 is 5.91 Å². The van der Waals surface area contributed by atoms with Crippen LogP contribution in [0.4, 0.5) is 4.39 Å². The van der Waals surface area contributed by atoms with Crippen LogP contribution in [0.25, 0.3) is 0 Å². The fourth-order valence-corrected chi connectivity index (χ4v) is 1.06. The Labute approximate surface area is 88.5 Å². The van der Waals surface area contributed by atoms with Gasteiger partial charge in [0.1, 0.15) is 5.82 Å². The van der Waals surface area contributed by atoms with Gasteiger partial charge >= 0.3 is 0 Å². The van der Waals surface area contributed by atoms with Crippen LogP contribution in [0.2, 0.25) is 0 Å². The summed E-state index contributed by atoms with van der Waals surface area (Å²) in [6.07, 6.45) is 0. The van der Waals surface area contributed by atoms with E-state index in [0.717, 1.165) is 0 Å². The summed E-state index contributed by atoms with van der Waals surface area (Å²) in [5, 5.41) is 2.64. The van der Waals surface area contributed by atoms with Crippen LogP contribution >= 0.6 is 0 Å². The summed E-state index contributed by atoms with van der Waals surface area (Å²) in [5.74, 6) is -0.569. The van der Waals surface area contributed by atoms with Crippen molar-refractivity contribution in [1.29, 1.82) is 0 Å². The third-order valence-electron chi connectivity index (χ3n) is 1.93. The minimum absolute atomic E-state index is 0.258. The molecule has 0 atom stereocenters. The Morgan fingerprint density at radius 1 is 1.53 bits per heavy atom. The van der Waals surface area contributed by atoms with Crippen LogP contribution in [-0.4, -0.2) is 11.4 Å². The minimum atomic E-state index is -0.909. The fourth-order valence-electron chi connectivity index (χ4n) is 1.06. The zero-order valence-electron chi connectivity index (χ0n) is 8.88. The number of carbonyl (C=O) groups excluding carboxylic acids is 1. The molecule has 0 aliphatic heterocycles. The van der Waals surface area contributed by atoms with E-state index in [2.05, 4.69) is 5.32 Å². The van der Waals surface area contributed by atoms with Crippen molar-refractivity contribution in [3.8, 4) is 0 Å². The average molecular weight is 210 g/mol. The van der Waals surface area contributed by atoms with E-state index >= 15 is 0 Å². The van der Waals surface area contributed by atoms with Crippen LogP contribution in [-0.2, 0) is 11.3 Å². The third-order valence-corrected chi connectivity index (χ3v) is 1.93. The Balaban J connectivity index is 2.55. The fraction of sp³-hybridized carbons (Fsp3) is 0.364. The van der Waals surface area contributed by atoms with E-state index in [4.69, 9.17) is 5.73 Å². The number of carbonyl (C=O) groups is 1. The number of hydrogen-bond donors (Lipinski definition) is 2. The van der Waals surface area contributed by atoms with Crippen molar-refractivity contribution in [3.63, 3.8) is 0 Å². The predicted molar refractivity (Wildman–Crippen MR) is 56.5 cm³/mol. The highest BCUT2D eigenvalue weighted by Crippen LogP contribution is 2.04. The smallest absolute Gasteiger partial charge is 0.239 e. The van der Waals surface area contributed by atoms with Gasteiger partial charge in [0.25, 0.3) is 0 Å². The maximum atomic E-state index is 12.8. The van der Waals surface area contributed by atoms with E-state index in [0.29, 0.717) is 5.56 Å². The number of benzene rings is 1. The first-order valence-electron chi connectivity index (χ1n) is 4.71. The molecule has 0 heterocycles. The largest absolute Gasteiger partial charge is 0.350 e. The van der Waals surface area contributed by atoms with Crippen molar-refractivity contribution in [3.05, 3.63) is 35.6 Å². The van der Waals surface area contributed by atoms with E-state index in [1.165, 1.54) is 12.1 Å². The lowest BCUT2D eigenvalue weighted by molar-refractivity contribution is -0.125. The van der Waals surface area contributed by atoms with Gasteiger partial charge < -0.3 is 11.1 Å². The molecule has 3 N–H and O–H groups in total. The Morgan fingerprint density at radius 2 is 2.20 bits per heavy atom. The van der Waals surface area contributed by atoms with Gasteiger partial charge in [0.05, 0.1) is 5.54 Å². The minimum Gasteiger partial charge on any atom is -0.350 e. The molecule has 82 valence electrons. The quantitative estimate of drug-likeness (QED) is 0.787. The molecule has 4 heteroatoms. The number of hydrogen-bond acceptors (Lipinski definition) is 2. The summed E-state index contributed by atoms with van der Waals surface area (Å²) in [7, 11) is 0. The van der Waals surface area contributed by atoms with Crippen molar-refractivity contribution in [2.45, 2.75) is 25.9 Å². The van der Waals surface area contributed by atoms with Gasteiger partial charge in [-0.25, -0.2) is 4.39 Å². The highest BCUT2D eigenvalue weighted by molar-refractivity contribution is 5.84. The van der Waals surface area contributed by atoms with Gasteiger partial charge in [-0.05, 0) is 31.5 Å². The normalized spacial score (nSPS) is 11.2. The summed E-state index contributed by atoms with van der Waals surface area (Å²) in [4.78, 5) is 11.4. The lowest BCUT2D eigenvalue weighted by Gasteiger charge is -2.17. The Morgan fingerprint density at radius 3 is 2.73 bits per heavy atom. The topological polar surface area (TPSA) is 55.1 Å². The molecule has 0 saturated heterocycles. The monoisotopic (exact) mass is 210 g/mol. The second kappa shape index (κ2) is 4.40. The second-order valence-electron chi connectivity index (χ2n) is 4.03. The van der Waals surface area contributed by atoms with Crippen LogP contribution in [0, 0.1) is 5.82 Å². The molecular formula is C11H15FN2O. The summed E-state index contributed by atoms with van der Waals surface area (Å²) in [5.41, 5.74) is 5.39. The van der Waals surface area contributed by atoms with Crippen molar-refractivity contribution < 1.29 is 9.18 Å². The zero-order valence-corrected chi connectivity index (χ0v) is 8.88. The first-order chi connectivity index (χ1) is 6.89. The molecule has 1 amide bonds. The number of nitrogens with one attached hydrogen (secondary N) is 1. The standard InChI is InChI=1S/C11H15FN2O/c1-11(2,13)10(15)14-7-8-4-3-5-9(12)6-8/h3-6H,7,13H2,1-2H3,(H,14,15). The molecular weight excluding hydrogens is 195 g/mol. The molecule has 1 aromatic carbocycles. The molecule has 1 rings (SSSR count). The lowest BCUT2D eigenvalue weighted by Crippen LogP contribution is -2.48. The Hall–Kier alpha value is -1.42. The van der Waals surface area contributed by atoms with Gasteiger partial charge in [-0.15, -0.1) is 0 Å². The lowest BCUT2D eigenvalue weighted by atomic mass is 10.1. The van der Waals surface area contributed by atoms with Gasteiger partial charge in [0, 0.05) is 6.54 Å². The molecule has 1 aromatic rings. The summed E-state index contributed by atoms with van der Waals surface area (Å²) < 4.78 is 12.8. The Kier molecular flexibility index (Phi) is 3.42. The van der Waals surface area contributed by atoms with Gasteiger partial charge in [-0.2, -0.15) is 0 Å². The van der Waals surface area contributed by atoms with Gasteiger partial charge in [0.2, 0.25) is 5.91 Å². The molecule has 0 aromatic heterocycles. The maximum Gasteiger partial charge on any atom is 0.239 e. The van der Waals surface area contributed by atoms with E-state index in [1.807, 2.05) is 0 Å². The van der Waals surface area contributed by atoms with E-state index in [-0.39, 0.29) is 18.3 Å². The first kappa shape index (κ1) is 11.7. The molecule has 0 unspecified atom stereocenters. The summed E-state index contributed by atoms with van der Waals surface area (Å²) >= 11 is 0. The maximum absolute atomic E-state index is 12.8. The average Bonchev–Trinajstić information content (AvgIpc) is 2.12. The highest BCUT2D eigenvalue weighted by atomic mass is 19.1. The predicted octanol–water partition coefficient (Wildman–Crippen LogP) is 1.18. The van der Waals surface area contributed by atoms with Crippen LogP contribution in [0.3, 0.4) is 0 Å². The second-order valence-corrected chi connectivity index (χ2v) is 4.03. The van der Waals surface area contributed by atoms with Crippen LogP contribution in [0.5, 0.6) is 0 Å². The molecule has 3 nitrogen and oxygen atoms in total. The van der Waals surface area contributed by atoms with E-state index < -0.39 is 5.54 Å². The van der Waals surface area contributed by atoms with Gasteiger partial charge in [0.15, 0.2) is 0 Å². The first-order valence-corrected chi connectivity index (χ1v) is 4.71. The molecule has 0 fully saturated rings.